The van der Waals surface area contributed by atoms with Crippen molar-refractivity contribution in [2.24, 2.45) is 0 Å². The van der Waals surface area contributed by atoms with E-state index in [0.29, 0.717) is 12.6 Å². The zero-order valence-electron chi connectivity index (χ0n) is 13.1. The molecule has 1 aliphatic carbocycles. The maximum absolute atomic E-state index is 12.9. The van der Waals surface area contributed by atoms with Crippen LogP contribution in [0.25, 0.3) is 11.0 Å². The minimum atomic E-state index is 0.111. The summed E-state index contributed by atoms with van der Waals surface area (Å²) >= 11 is 0. The average Bonchev–Trinajstić information content (AvgIpc) is 3.25. The third-order valence-corrected chi connectivity index (χ3v) is 5.07. The van der Waals surface area contributed by atoms with Gasteiger partial charge < -0.3 is 0 Å². The Morgan fingerprint density at radius 1 is 1.13 bits per heavy atom. The van der Waals surface area contributed by atoms with Gasteiger partial charge in [0.2, 0.25) is 0 Å². The predicted octanol–water partition coefficient (Wildman–Crippen LogP) is 2.72. The summed E-state index contributed by atoms with van der Waals surface area (Å²) in [4.78, 5) is 12.9. The summed E-state index contributed by atoms with van der Waals surface area (Å²) in [7, 11) is 0. The van der Waals surface area contributed by atoms with Gasteiger partial charge in [-0.05, 0) is 50.3 Å². The molecule has 5 rings (SSSR count). The van der Waals surface area contributed by atoms with Gasteiger partial charge in [0.25, 0.3) is 0 Å². The SMILES string of the molecule is O=c1n(Cc2cc3n(n2)CCCC3)c2ccccc2n1C1CC1. The van der Waals surface area contributed by atoms with Crippen molar-refractivity contribution in [1.29, 1.82) is 0 Å². The van der Waals surface area contributed by atoms with E-state index < -0.39 is 0 Å². The van der Waals surface area contributed by atoms with Gasteiger partial charge in [0.15, 0.2) is 0 Å². The van der Waals surface area contributed by atoms with E-state index >= 15 is 0 Å². The molecule has 1 fully saturated rings. The van der Waals surface area contributed by atoms with Crippen molar-refractivity contribution in [3.63, 3.8) is 0 Å². The third-order valence-electron chi connectivity index (χ3n) is 5.07. The first-order valence-corrected chi connectivity index (χ1v) is 8.56. The summed E-state index contributed by atoms with van der Waals surface area (Å²) < 4.78 is 5.98. The summed E-state index contributed by atoms with van der Waals surface area (Å²) in [5, 5.41) is 4.71. The number of imidazole rings is 1. The van der Waals surface area contributed by atoms with Crippen molar-refractivity contribution in [2.45, 2.75) is 51.2 Å². The molecule has 2 aliphatic rings. The maximum atomic E-state index is 12.9. The molecule has 1 aromatic carbocycles. The van der Waals surface area contributed by atoms with E-state index in [-0.39, 0.29) is 5.69 Å². The van der Waals surface area contributed by atoms with Gasteiger partial charge >= 0.3 is 5.69 Å². The van der Waals surface area contributed by atoms with Crippen LogP contribution in [0, 0.1) is 0 Å². The summed E-state index contributed by atoms with van der Waals surface area (Å²) in [5.41, 5.74) is 4.51. The Labute approximate surface area is 134 Å². The molecule has 1 saturated carbocycles. The third kappa shape index (κ3) is 2.06. The van der Waals surface area contributed by atoms with E-state index in [2.05, 4.69) is 16.8 Å². The molecule has 3 aromatic rings. The van der Waals surface area contributed by atoms with Crippen LogP contribution in [0.3, 0.4) is 0 Å². The van der Waals surface area contributed by atoms with Crippen LogP contribution in [0.1, 0.15) is 43.1 Å². The van der Waals surface area contributed by atoms with Crippen molar-refractivity contribution in [1.82, 2.24) is 18.9 Å². The van der Waals surface area contributed by atoms with Crippen LogP contribution in [-0.2, 0) is 19.5 Å². The summed E-state index contributed by atoms with van der Waals surface area (Å²) in [6, 6.07) is 10.7. The minimum Gasteiger partial charge on any atom is -0.289 e. The van der Waals surface area contributed by atoms with Gasteiger partial charge in [-0.15, -0.1) is 0 Å². The highest BCUT2D eigenvalue weighted by Crippen LogP contribution is 2.36. The number of hydrogen-bond acceptors (Lipinski definition) is 2. The molecule has 3 heterocycles. The highest BCUT2D eigenvalue weighted by Gasteiger charge is 2.29. The number of aromatic nitrogens is 4. The molecule has 5 heteroatoms. The fourth-order valence-electron chi connectivity index (χ4n) is 3.79. The summed E-state index contributed by atoms with van der Waals surface area (Å²) in [6.45, 7) is 1.58. The average molecular weight is 308 g/mol. The Morgan fingerprint density at radius 2 is 1.96 bits per heavy atom. The molecule has 0 spiro atoms. The van der Waals surface area contributed by atoms with E-state index in [1.54, 1.807) is 0 Å². The second-order valence-electron chi connectivity index (χ2n) is 6.77. The topological polar surface area (TPSA) is 44.8 Å². The van der Waals surface area contributed by atoms with E-state index in [4.69, 9.17) is 5.10 Å². The highest BCUT2D eigenvalue weighted by molar-refractivity contribution is 5.76. The molecular weight excluding hydrogens is 288 g/mol. The molecule has 118 valence electrons. The van der Waals surface area contributed by atoms with Gasteiger partial charge in [-0.3, -0.25) is 13.8 Å². The van der Waals surface area contributed by atoms with Crippen molar-refractivity contribution in [3.05, 3.63) is 52.2 Å². The standard InChI is InChI=1S/C18H20N4O/c23-18-20(12-13-11-15-5-3-4-10-21(15)19-13)16-6-1-2-7-17(16)22(18)14-8-9-14/h1-2,6-7,11,14H,3-5,8-10,12H2. The van der Waals surface area contributed by atoms with Crippen LogP contribution >= 0.6 is 0 Å². The van der Waals surface area contributed by atoms with E-state index in [0.717, 1.165) is 42.5 Å². The molecule has 0 saturated heterocycles. The summed E-state index contributed by atoms with van der Waals surface area (Å²) in [6.07, 6.45) is 5.78. The van der Waals surface area contributed by atoms with Crippen LogP contribution in [0.5, 0.6) is 0 Å². The number of hydrogen-bond donors (Lipinski definition) is 0. The Hall–Kier alpha value is -2.30. The maximum Gasteiger partial charge on any atom is 0.329 e. The number of fused-ring (bicyclic) bond motifs is 2. The molecule has 0 atom stereocenters. The molecule has 1 aliphatic heterocycles. The lowest BCUT2D eigenvalue weighted by Gasteiger charge is -2.11. The molecule has 0 unspecified atom stereocenters. The number of aryl methyl sites for hydroxylation is 2. The lowest BCUT2D eigenvalue weighted by molar-refractivity contribution is 0.482. The lowest BCUT2D eigenvalue weighted by atomic mass is 10.1. The normalized spacial score (nSPS) is 17.6. The highest BCUT2D eigenvalue weighted by atomic mass is 16.1. The number of benzene rings is 1. The monoisotopic (exact) mass is 308 g/mol. The zero-order valence-corrected chi connectivity index (χ0v) is 13.1. The van der Waals surface area contributed by atoms with E-state index in [1.165, 1.54) is 18.5 Å². The van der Waals surface area contributed by atoms with E-state index in [9.17, 15) is 4.79 Å². The lowest BCUT2D eigenvalue weighted by Crippen LogP contribution is -2.24. The fourth-order valence-corrected chi connectivity index (χ4v) is 3.79. The molecule has 0 radical (unpaired) electrons. The Kier molecular flexibility index (Phi) is 2.77. The Bertz CT molecular complexity index is 918. The smallest absolute Gasteiger partial charge is 0.289 e. The Balaban J connectivity index is 1.61. The minimum absolute atomic E-state index is 0.111. The molecule has 23 heavy (non-hydrogen) atoms. The van der Waals surface area contributed by atoms with Gasteiger partial charge in [-0.25, -0.2) is 4.79 Å². The quantitative estimate of drug-likeness (QED) is 0.747. The van der Waals surface area contributed by atoms with Crippen LogP contribution in [0.15, 0.2) is 35.1 Å². The first-order valence-electron chi connectivity index (χ1n) is 8.56. The summed E-state index contributed by atoms with van der Waals surface area (Å²) in [5.74, 6) is 0. The van der Waals surface area contributed by atoms with Crippen LogP contribution in [0.4, 0.5) is 0 Å². The van der Waals surface area contributed by atoms with Crippen molar-refractivity contribution < 1.29 is 0 Å². The van der Waals surface area contributed by atoms with Gasteiger partial charge in [-0.2, -0.15) is 5.10 Å². The number of rotatable bonds is 3. The Morgan fingerprint density at radius 3 is 2.74 bits per heavy atom. The second kappa shape index (κ2) is 4.85. The van der Waals surface area contributed by atoms with Gasteiger partial charge in [0.05, 0.1) is 23.3 Å². The van der Waals surface area contributed by atoms with E-state index in [1.807, 2.05) is 27.3 Å². The molecule has 2 aromatic heterocycles. The molecular formula is C18H20N4O. The van der Waals surface area contributed by atoms with Crippen molar-refractivity contribution in [3.8, 4) is 0 Å². The van der Waals surface area contributed by atoms with Gasteiger partial charge in [0, 0.05) is 18.3 Å². The first kappa shape index (κ1) is 13.2. The van der Waals surface area contributed by atoms with Gasteiger partial charge in [0.1, 0.15) is 0 Å². The number of para-hydroxylation sites is 2. The predicted molar refractivity (Wildman–Crippen MR) is 88.7 cm³/mol. The molecule has 0 amide bonds. The largest absolute Gasteiger partial charge is 0.329 e. The second-order valence-corrected chi connectivity index (χ2v) is 6.77. The van der Waals surface area contributed by atoms with Crippen LogP contribution < -0.4 is 5.69 Å². The van der Waals surface area contributed by atoms with Crippen molar-refractivity contribution >= 4 is 11.0 Å². The first-order chi connectivity index (χ1) is 11.3. The zero-order chi connectivity index (χ0) is 15.4. The fraction of sp³-hybridized carbons (Fsp3) is 0.444. The molecule has 0 N–H and O–H groups in total. The van der Waals surface area contributed by atoms with Crippen molar-refractivity contribution in [2.75, 3.05) is 0 Å². The number of nitrogens with zero attached hydrogens (tertiary/aromatic N) is 4. The van der Waals surface area contributed by atoms with Gasteiger partial charge in [-0.1, -0.05) is 12.1 Å². The molecule has 0 bridgehead atoms. The van der Waals surface area contributed by atoms with Crippen LogP contribution in [-0.4, -0.2) is 18.9 Å². The molecule has 5 nitrogen and oxygen atoms in total. The van der Waals surface area contributed by atoms with Crippen LogP contribution in [0.2, 0.25) is 0 Å².